The number of hydrogen-bond acceptors (Lipinski definition) is 5. The van der Waals surface area contributed by atoms with E-state index in [1.54, 1.807) is 0 Å². The van der Waals surface area contributed by atoms with E-state index in [4.69, 9.17) is 0 Å². The molecule has 1 aromatic rings. The average Bonchev–Trinajstić information content (AvgIpc) is 2.37. The summed E-state index contributed by atoms with van der Waals surface area (Å²) in [6.07, 6.45) is 0.749. The second-order valence-corrected chi connectivity index (χ2v) is 6.44. The monoisotopic (exact) mass is 271 g/mol. The molecule has 1 saturated heterocycles. The van der Waals surface area contributed by atoms with Gasteiger partial charge in [0.25, 0.3) is 5.56 Å². The van der Waals surface area contributed by atoms with Crippen LogP contribution >= 0.6 is 23.5 Å². The maximum Gasteiger partial charge on any atom is 0.252 e. The van der Waals surface area contributed by atoms with Gasteiger partial charge in [-0.15, -0.1) is 0 Å². The number of thioether (sulfide) groups is 2. The second-order valence-electron chi connectivity index (χ2n) is 3.88. The number of aryl methyl sites for hydroxylation is 1. The SMILES string of the molecule is CCc1nc(NCC2CSCCS2)cc(=O)[nH]1. The summed E-state index contributed by atoms with van der Waals surface area (Å²) in [5.41, 5.74) is -0.0787. The molecule has 94 valence electrons. The number of nitrogens with one attached hydrogen (secondary N) is 2. The Labute approximate surface area is 109 Å². The minimum atomic E-state index is -0.0787. The zero-order chi connectivity index (χ0) is 12.1. The summed E-state index contributed by atoms with van der Waals surface area (Å²) in [5.74, 6) is 5.10. The summed E-state index contributed by atoms with van der Waals surface area (Å²) >= 11 is 4.00. The number of rotatable bonds is 4. The van der Waals surface area contributed by atoms with Gasteiger partial charge in [0.2, 0.25) is 0 Å². The van der Waals surface area contributed by atoms with E-state index in [0.29, 0.717) is 11.1 Å². The van der Waals surface area contributed by atoms with Gasteiger partial charge in [-0.1, -0.05) is 6.92 Å². The van der Waals surface area contributed by atoms with Crippen molar-refractivity contribution in [2.24, 2.45) is 0 Å². The van der Waals surface area contributed by atoms with Gasteiger partial charge < -0.3 is 10.3 Å². The lowest BCUT2D eigenvalue weighted by atomic mass is 10.4. The Bertz CT molecular complexity index is 415. The van der Waals surface area contributed by atoms with Crippen molar-refractivity contribution in [3.05, 3.63) is 22.2 Å². The van der Waals surface area contributed by atoms with E-state index >= 15 is 0 Å². The third-order valence-corrected chi connectivity index (χ3v) is 5.37. The van der Waals surface area contributed by atoms with Gasteiger partial charge in [-0.3, -0.25) is 4.79 Å². The average molecular weight is 271 g/mol. The fraction of sp³-hybridized carbons (Fsp3) is 0.636. The number of aromatic amines is 1. The van der Waals surface area contributed by atoms with E-state index in [1.807, 2.05) is 30.4 Å². The van der Waals surface area contributed by atoms with E-state index < -0.39 is 0 Å². The molecule has 1 aromatic heterocycles. The van der Waals surface area contributed by atoms with Crippen LogP contribution in [-0.2, 0) is 6.42 Å². The fourth-order valence-electron chi connectivity index (χ4n) is 1.64. The molecule has 1 unspecified atom stereocenters. The predicted octanol–water partition coefficient (Wildman–Crippen LogP) is 1.59. The van der Waals surface area contributed by atoms with Crippen LogP contribution in [0.25, 0.3) is 0 Å². The highest BCUT2D eigenvalue weighted by Gasteiger charge is 2.14. The normalized spacial score (nSPS) is 20.2. The molecule has 0 saturated carbocycles. The molecule has 0 spiro atoms. The molecule has 6 heteroatoms. The maximum absolute atomic E-state index is 11.4. The highest BCUT2D eigenvalue weighted by Crippen LogP contribution is 2.23. The number of anilines is 1. The molecule has 0 radical (unpaired) electrons. The first-order valence-electron chi connectivity index (χ1n) is 5.81. The molecule has 2 heterocycles. The Hall–Kier alpha value is -0.620. The first kappa shape index (κ1) is 12.8. The Balaban J connectivity index is 1.93. The standard InChI is InChI=1S/C11H17N3OS2/c1-2-9-13-10(5-11(15)14-9)12-6-8-7-16-3-4-17-8/h5,8H,2-4,6-7H2,1H3,(H2,12,13,14,15). The fourth-order valence-corrected chi connectivity index (χ4v) is 4.25. The smallest absolute Gasteiger partial charge is 0.252 e. The van der Waals surface area contributed by atoms with Crippen LogP contribution in [0.1, 0.15) is 12.7 Å². The van der Waals surface area contributed by atoms with Crippen molar-refractivity contribution < 1.29 is 0 Å². The molecule has 1 aliphatic heterocycles. The first-order valence-corrected chi connectivity index (χ1v) is 8.01. The lowest BCUT2D eigenvalue weighted by Crippen LogP contribution is -2.24. The number of nitrogens with zero attached hydrogens (tertiary/aromatic N) is 1. The quantitative estimate of drug-likeness (QED) is 0.871. The number of H-pyrrole nitrogens is 1. The van der Waals surface area contributed by atoms with Crippen molar-refractivity contribution in [2.75, 3.05) is 29.1 Å². The van der Waals surface area contributed by atoms with Crippen molar-refractivity contribution in [3.8, 4) is 0 Å². The van der Waals surface area contributed by atoms with Crippen LogP contribution in [0.15, 0.2) is 10.9 Å². The minimum Gasteiger partial charge on any atom is -0.369 e. The lowest BCUT2D eigenvalue weighted by molar-refractivity contribution is 0.907. The van der Waals surface area contributed by atoms with Gasteiger partial charge in [0.15, 0.2) is 0 Å². The van der Waals surface area contributed by atoms with Gasteiger partial charge in [0, 0.05) is 41.5 Å². The largest absolute Gasteiger partial charge is 0.369 e. The third kappa shape index (κ3) is 3.96. The van der Waals surface area contributed by atoms with Gasteiger partial charge >= 0.3 is 0 Å². The van der Waals surface area contributed by atoms with Gasteiger partial charge in [0.05, 0.1) is 0 Å². The summed E-state index contributed by atoms with van der Waals surface area (Å²) in [5, 5.41) is 3.89. The van der Waals surface area contributed by atoms with Crippen molar-refractivity contribution in [1.82, 2.24) is 9.97 Å². The lowest BCUT2D eigenvalue weighted by Gasteiger charge is -2.21. The highest BCUT2D eigenvalue weighted by molar-refractivity contribution is 8.06. The molecular formula is C11H17N3OS2. The summed E-state index contributed by atoms with van der Waals surface area (Å²) in [6, 6.07) is 1.53. The predicted molar refractivity (Wildman–Crippen MR) is 76.3 cm³/mol. The molecular weight excluding hydrogens is 254 g/mol. The molecule has 1 atom stereocenters. The Morgan fingerprint density at radius 2 is 2.47 bits per heavy atom. The summed E-state index contributed by atoms with van der Waals surface area (Å²) < 4.78 is 0. The van der Waals surface area contributed by atoms with Crippen LogP contribution < -0.4 is 10.9 Å². The zero-order valence-electron chi connectivity index (χ0n) is 9.86. The van der Waals surface area contributed by atoms with Gasteiger partial charge in [-0.25, -0.2) is 4.98 Å². The van der Waals surface area contributed by atoms with Crippen molar-refractivity contribution in [2.45, 2.75) is 18.6 Å². The molecule has 0 amide bonds. The zero-order valence-corrected chi connectivity index (χ0v) is 11.5. The summed E-state index contributed by atoms with van der Waals surface area (Å²) in [6.45, 7) is 2.87. The van der Waals surface area contributed by atoms with Gasteiger partial charge in [0.1, 0.15) is 11.6 Å². The van der Waals surface area contributed by atoms with E-state index in [9.17, 15) is 4.79 Å². The molecule has 1 fully saturated rings. The van der Waals surface area contributed by atoms with E-state index in [1.165, 1.54) is 23.3 Å². The molecule has 4 nitrogen and oxygen atoms in total. The topological polar surface area (TPSA) is 57.8 Å². The van der Waals surface area contributed by atoms with Crippen molar-refractivity contribution in [3.63, 3.8) is 0 Å². The highest BCUT2D eigenvalue weighted by atomic mass is 32.2. The summed E-state index contributed by atoms with van der Waals surface area (Å²) in [4.78, 5) is 18.4. The molecule has 0 aliphatic carbocycles. The Morgan fingerprint density at radius 1 is 1.59 bits per heavy atom. The van der Waals surface area contributed by atoms with E-state index in [2.05, 4.69) is 15.3 Å². The van der Waals surface area contributed by atoms with E-state index in [0.717, 1.165) is 18.8 Å². The number of aromatic nitrogens is 2. The van der Waals surface area contributed by atoms with Crippen LogP contribution in [0.4, 0.5) is 5.82 Å². The minimum absolute atomic E-state index is 0.0787. The Morgan fingerprint density at radius 3 is 3.18 bits per heavy atom. The molecule has 1 aliphatic rings. The van der Waals surface area contributed by atoms with Crippen LogP contribution in [0, 0.1) is 0 Å². The van der Waals surface area contributed by atoms with Crippen LogP contribution in [0.2, 0.25) is 0 Å². The molecule has 0 bridgehead atoms. The van der Waals surface area contributed by atoms with Gasteiger partial charge in [-0.05, 0) is 0 Å². The van der Waals surface area contributed by atoms with E-state index in [-0.39, 0.29) is 5.56 Å². The second kappa shape index (κ2) is 6.35. The molecule has 0 aromatic carbocycles. The summed E-state index contributed by atoms with van der Waals surface area (Å²) in [7, 11) is 0. The number of hydrogen-bond donors (Lipinski definition) is 2. The van der Waals surface area contributed by atoms with Crippen molar-refractivity contribution >= 4 is 29.3 Å². The van der Waals surface area contributed by atoms with Crippen LogP contribution in [-0.4, -0.2) is 39.0 Å². The van der Waals surface area contributed by atoms with Crippen LogP contribution in [0.5, 0.6) is 0 Å². The maximum atomic E-state index is 11.4. The molecule has 2 rings (SSSR count). The third-order valence-electron chi connectivity index (χ3n) is 2.52. The van der Waals surface area contributed by atoms with Crippen LogP contribution in [0.3, 0.4) is 0 Å². The van der Waals surface area contributed by atoms with Gasteiger partial charge in [-0.2, -0.15) is 23.5 Å². The molecule has 17 heavy (non-hydrogen) atoms. The Kier molecular flexibility index (Phi) is 4.79. The molecule has 2 N–H and O–H groups in total. The van der Waals surface area contributed by atoms with Crippen molar-refractivity contribution in [1.29, 1.82) is 0 Å². The first-order chi connectivity index (χ1) is 8.28.